The maximum Gasteiger partial charge on any atom is 0.240 e. The van der Waals surface area contributed by atoms with Crippen molar-refractivity contribution in [2.75, 3.05) is 19.6 Å². The van der Waals surface area contributed by atoms with Crippen molar-refractivity contribution in [2.24, 2.45) is 5.92 Å². The summed E-state index contributed by atoms with van der Waals surface area (Å²) in [6, 6.07) is 3.89. The summed E-state index contributed by atoms with van der Waals surface area (Å²) in [6.07, 6.45) is 2.40. The summed E-state index contributed by atoms with van der Waals surface area (Å²) in [6.45, 7) is 8.27. The van der Waals surface area contributed by atoms with Gasteiger partial charge in [-0.3, -0.25) is 4.90 Å². The molecule has 1 heterocycles. The molecule has 0 aliphatic carbocycles. The summed E-state index contributed by atoms with van der Waals surface area (Å²) in [5.41, 5.74) is 0.423. The summed E-state index contributed by atoms with van der Waals surface area (Å²) in [7, 11) is -3.60. The highest BCUT2D eigenvalue weighted by Crippen LogP contribution is 2.19. The van der Waals surface area contributed by atoms with Gasteiger partial charge in [-0.1, -0.05) is 6.92 Å². The van der Waals surface area contributed by atoms with Crippen LogP contribution in [0.4, 0.5) is 4.39 Å². The maximum absolute atomic E-state index is 13.1. The van der Waals surface area contributed by atoms with Gasteiger partial charge in [0, 0.05) is 19.1 Å². The smallest absolute Gasteiger partial charge is 0.240 e. The Hall–Kier alpha value is -0.980. The number of aryl methyl sites for hydroxylation is 1. The van der Waals surface area contributed by atoms with Crippen molar-refractivity contribution in [3.63, 3.8) is 0 Å². The van der Waals surface area contributed by atoms with Gasteiger partial charge in [-0.15, -0.1) is 0 Å². The molecule has 1 aliphatic heterocycles. The highest BCUT2D eigenvalue weighted by Gasteiger charge is 2.23. The summed E-state index contributed by atoms with van der Waals surface area (Å²) in [5.74, 6) is 0.235. The van der Waals surface area contributed by atoms with E-state index in [-0.39, 0.29) is 10.9 Å². The molecule has 6 heteroatoms. The largest absolute Gasteiger partial charge is 0.299 e. The number of halogens is 1. The first-order chi connectivity index (χ1) is 10.3. The second kappa shape index (κ2) is 7.06. The van der Waals surface area contributed by atoms with Crippen LogP contribution in [0.3, 0.4) is 0 Å². The van der Waals surface area contributed by atoms with Gasteiger partial charge in [0.05, 0.1) is 4.90 Å². The van der Waals surface area contributed by atoms with Crippen LogP contribution in [-0.2, 0) is 10.0 Å². The average Bonchev–Trinajstić information content (AvgIpc) is 2.44. The minimum absolute atomic E-state index is 0.146. The Labute approximate surface area is 132 Å². The molecule has 1 aromatic carbocycles. The van der Waals surface area contributed by atoms with E-state index in [2.05, 4.69) is 16.5 Å². The fourth-order valence-electron chi connectivity index (χ4n) is 2.98. The van der Waals surface area contributed by atoms with E-state index in [1.807, 2.05) is 6.92 Å². The molecule has 2 rings (SSSR count). The fraction of sp³-hybridized carbons (Fsp3) is 0.625. The van der Waals surface area contributed by atoms with Crippen molar-refractivity contribution in [1.82, 2.24) is 9.62 Å². The molecule has 22 heavy (non-hydrogen) atoms. The fourth-order valence-corrected chi connectivity index (χ4v) is 4.32. The normalized spacial score (nSPS) is 21.7. The van der Waals surface area contributed by atoms with Crippen LogP contribution in [0, 0.1) is 18.7 Å². The molecule has 0 bridgehead atoms. The third-order valence-electron chi connectivity index (χ3n) is 4.31. The molecule has 1 aromatic rings. The second-order valence-electron chi connectivity index (χ2n) is 6.35. The zero-order valence-corrected chi connectivity index (χ0v) is 14.3. The van der Waals surface area contributed by atoms with Gasteiger partial charge >= 0.3 is 0 Å². The maximum atomic E-state index is 13.1. The predicted octanol–water partition coefficient (Wildman–Crippen LogP) is 2.53. The lowest BCUT2D eigenvalue weighted by Crippen LogP contribution is -2.46. The number of piperidine rings is 1. The van der Waals surface area contributed by atoms with Crippen molar-refractivity contribution in [3.05, 3.63) is 29.6 Å². The quantitative estimate of drug-likeness (QED) is 0.903. The number of nitrogens with one attached hydrogen (secondary N) is 1. The number of benzene rings is 1. The van der Waals surface area contributed by atoms with Crippen molar-refractivity contribution >= 4 is 10.0 Å². The number of nitrogens with zero attached hydrogens (tertiary/aromatic N) is 1. The highest BCUT2D eigenvalue weighted by molar-refractivity contribution is 7.89. The molecule has 2 unspecified atom stereocenters. The average molecular weight is 328 g/mol. The Morgan fingerprint density at radius 3 is 2.82 bits per heavy atom. The van der Waals surface area contributed by atoms with Gasteiger partial charge in [-0.25, -0.2) is 17.5 Å². The lowest BCUT2D eigenvalue weighted by molar-refractivity contribution is 0.140. The van der Waals surface area contributed by atoms with Crippen LogP contribution in [0.1, 0.15) is 32.3 Å². The van der Waals surface area contributed by atoms with Gasteiger partial charge in [0.15, 0.2) is 0 Å². The Morgan fingerprint density at radius 2 is 2.18 bits per heavy atom. The minimum atomic E-state index is -3.60. The molecular formula is C16H25FN2O2S. The van der Waals surface area contributed by atoms with Crippen LogP contribution in [-0.4, -0.2) is 39.0 Å². The van der Waals surface area contributed by atoms with Crippen LogP contribution in [0.5, 0.6) is 0 Å². The molecule has 1 saturated heterocycles. The van der Waals surface area contributed by atoms with E-state index in [1.54, 1.807) is 6.92 Å². The van der Waals surface area contributed by atoms with Crippen LogP contribution < -0.4 is 4.72 Å². The zero-order chi connectivity index (χ0) is 16.3. The highest BCUT2D eigenvalue weighted by atomic mass is 32.2. The molecular weight excluding hydrogens is 303 g/mol. The molecule has 124 valence electrons. The van der Waals surface area contributed by atoms with Gasteiger partial charge in [-0.05, 0) is 62.9 Å². The minimum Gasteiger partial charge on any atom is -0.299 e. The van der Waals surface area contributed by atoms with Crippen molar-refractivity contribution < 1.29 is 12.8 Å². The SMILES string of the molecule is Cc1cc(F)ccc1S(=O)(=O)NCC(C)N1CCCC(C)C1. The molecule has 0 saturated carbocycles. The number of hydrogen-bond donors (Lipinski definition) is 1. The molecule has 0 aromatic heterocycles. The monoisotopic (exact) mass is 328 g/mol. The Kier molecular flexibility index (Phi) is 5.58. The van der Waals surface area contributed by atoms with Gasteiger partial charge in [0.2, 0.25) is 10.0 Å². The number of likely N-dealkylation sites (tertiary alicyclic amines) is 1. The van der Waals surface area contributed by atoms with Gasteiger partial charge in [-0.2, -0.15) is 0 Å². The van der Waals surface area contributed by atoms with Crippen molar-refractivity contribution in [3.8, 4) is 0 Å². The van der Waals surface area contributed by atoms with E-state index in [0.29, 0.717) is 18.0 Å². The molecule has 2 atom stereocenters. The van der Waals surface area contributed by atoms with Crippen LogP contribution in [0.2, 0.25) is 0 Å². The predicted molar refractivity (Wildman–Crippen MR) is 85.8 cm³/mol. The first-order valence-electron chi connectivity index (χ1n) is 7.79. The summed E-state index contributed by atoms with van der Waals surface area (Å²) in [5, 5.41) is 0. The molecule has 1 aliphatic rings. The second-order valence-corrected chi connectivity index (χ2v) is 8.09. The molecule has 0 radical (unpaired) electrons. The summed E-state index contributed by atoms with van der Waals surface area (Å²) in [4.78, 5) is 2.47. The molecule has 1 fully saturated rings. The summed E-state index contributed by atoms with van der Waals surface area (Å²) < 4.78 is 40.5. The Bertz CT molecular complexity index is 619. The zero-order valence-electron chi connectivity index (χ0n) is 13.5. The van der Waals surface area contributed by atoms with Crippen LogP contribution >= 0.6 is 0 Å². The Morgan fingerprint density at radius 1 is 1.45 bits per heavy atom. The third kappa shape index (κ3) is 4.27. The number of hydrogen-bond acceptors (Lipinski definition) is 3. The lowest BCUT2D eigenvalue weighted by Gasteiger charge is -2.35. The van der Waals surface area contributed by atoms with E-state index >= 15 is 0 Å². The van der Waals surface area contributed by atoms with E-state index in [0.717, 1.165) is 19.5 Å². The van der Waals surface area contributed by atoms with Crippen molar-refractivity contribution in [2.45, 2.75) is 44.6 Å². The topological polar surface area (TPSA) is 49.4 Å². The standard InChI is InChI=1S/C16H25FN2O2S/c1-12-5-4-8-19(11-12)14(3)10-18-22(20,21)16-7-6-15(17)9-13(16)2/h6-7,9,12,14,18H,4-5,8,10-11H2,1-3H3. The lowest BCUT2D eigenvalue weighted by atomic mass is 9.99. The Balaban J connectivity index is 2.00. The summed E-state index contributed by atoms with van der Waals surface area (Å²) >= 11 is 0. The molecule has 0 amide bonds. The molecule has 1 N–H and O–H groups in total. The molecule has 4 nitrogen and oxygen atoms in total. The first-order valence-corrected chi connectivity index (χ1v) is 9.28. The number of sulfonamides is 1. The van der Waals surface area contributed by atoms with E-state index < -0.39 is 15.8 Å². The number of rotatable bonds is 5. The van der Waals surface area contributed by atoms with Crippen LogP contribution in [0.15, 0.2) is 23.1 Å². The van der Waals surface area contributed by atoms with E-state index in [1.165, 1.54) is 24.6 Å². The molecule has 0 spiro atoms. The van der Waals surface area contributed by atoms with Gasteiger partial charge in [0.25, 0.3) is 0 Å². The van der Waals surface area contributed by atoms with E-state index in [9.17, 15) is 12.8 Å². The van der Waals surface area contributed by atoms with Crippen molar-refractivity contribution in [1.29, 1.82) is 0 Å². The first kappa shape index (κ1) is 17.4. The van der Waals surface area contributed by atoms with Gasteiger partial charge in [0.1, 0.15) is 5.82 Å². The van der Waals surface area contributed by atoms with Crippen LogP contribution in [0.25, 0.3) is 0 Å². The van der Waals surface area contributed by atoms with Gasteiger partial charge < -0.3 is 0 Å². The third-order valence-corrected chi connectivity index (χ3v) is 5.89. The van der Waals surface area contributed by atoms with E-state index in [4.69, 9.17) is 0 Å².